The number of aromatic nitrogens is 2. The maximum absolute atomic E-state index is 12.7. The molecule has 2 aromatic heterocycles. The molecule has 1 amide bonds. The van der Waals surface area contributed by atoms with Gasteiger partial charge < -0.3 is 14.4 Å². The number of benzene rings is 1. The fourth-order valence-electron chi connectivity index (χ4n) is 2.51. The molecule has 0 bridgehead atoms. The molecule has 2 heterocycles. The van der Waals surface area contributed by atoms with Gasteiger partial charge in [-0.1, -0.05) is 11.2 Å². The zero-order valence-corrected chi connectivity index (χ0v) is 12.3. The predicted molar refractivity (Wildman–Crippen MR) is 80.1 cm³/mol. The van der Waals surface area contributed by atoms with Crippen LogP contribution in [0.4, 0.5) is 0 Å². The van der Waals surface area contributed by atoms with Crippen LogP contribution in [0.3, 0.4) is 0 Å². The minimum Gasteiger partial charge on any atom is -0.361 e. The van der Waals surface area contributed by atoms with E-state index in [0.717, 1.165) is 27.9 Å². The Hall–Kier alpha value is -2.56. The summed E-state index contributed by atoms with van der Waals surface area (Å²) in [5.41, 5.74) is 3.45. The maximum atomic E-state index is 12.7. The monoisotopic (exact) mass is 283 g/mol. The first-order valence-electron chi connectivity index (χ1n) is 6.81. The van der Waals surface area contributed by atoms with E-state index in [2.05, 4.69) is 10.1 Å². The highest BCUT2D eigenvalue weighted by Crippen LogP contribution is 2.20. The summed E-state index contributed by atoms with van der Waals surface area (Å²) < 4.78 is 5.15. The topological polar surface area (TPSA) is 62.1 Å². The lowest BCUT2D eigenvalue weighted by Crippen LogP contribution is -2.26. The Morgan fingerprint density at radius 2 is 2.14 bits per heavy atom. The van der Waals surface area contributed by atoms with Crippen LogP contribution in [-0.4, -0.2) is 28.0 Å². The summed E-state index contributed by atoms with van der Waals surface area (Å²) in [7, 11) is 1.79. The van der Waals surface area contributed by atoms with Gasteiger partial charge in [0, 0.05) is 35.3 Å². The molecule has 1 aromatic carbocycles. The first-order chi connectivity index (χ1) is 10.1. The van der Waals surface area contributed by atoms with Crippen LogP contribution in [-0.2, 0) is 6.54 Å². The third-order valence-electron chi connectivity index (χ3n) is 3.75. The highest BCUT2D eigenvalue weighted by molar-refractivity contribution is 6.06. The standard InChI is InChI=1S/C16H17N3O2/c1-10-14(11(2)21-18-10)9-19(3)16(20)13-5-4-6-15-12(13)7-8-17-15/h4-8,17H,9H2,1-3H3. The van der Waals surface area contributed by atoms with E-state index in [4.69, 9.17) is 4.52 Å². The van der Waals surface area contributed by atoms with Crippen LogP contribution < -0.4 is 0 Å². The molecule has 0 radical (unpaired) electrons. The Bertz CT molecular complexity index is 781. The lowest BCUT2D eigenvalue weighted by Gasteiger charge is -2.17. The number of nitrogens with one attached hydrogen (secondary N) is 1. The lowest BCUT2D eigenvalue weighted by molar-refractivity contribution is 0.0786. The van der Waals surface area contributed by atoms with Gasteiger partial charge in [-0.15, -0.1) is 0 Å². The number of hydrogen-bond acceptors (Lipinski definition) is 3. The van der Waals surface area contributed by atoms with E-state index in [1.807, 2.05) is 44.3 Å². The molecule has 0 unspecified atom stereocenters. The van der Waals surface area contributed by atoms with Crippen LogP contribution in [0, 0.1) is 13.8 Å². The average molecular weight is 283 g/mol. The molecule has 0 fully saturated rings. The summed E-state index contributed by atoms with van der Waals surface area (Å²) in [6.07, 6.45) is 1.84. The molecule has 0 spiro atoms. The third kappa shape index (κ3) is 2.31. The molecule has 0 saturated carbocycles. The van der Waals surface area contributed by atoms with Gasteiger partial charge in [0.15, 0.2) is 0 Å². The largest absolute Gasteiger partial charge is 0.361 e. The van der Waals surface area contributed by atoms with Gasteiger partial charge in [0.2, 0.25) is 0 Å². The van der Waals surface area contributed by atoms with Gasteiger partial charge >= 0.3 is 0 Å². The lowest BCUT2D eigenvalue weighted by atomic mass is 10.1. The normalized spacial score (nSPS) is 11.0. The molecule has 0 aliphatic carbocycles. The number of aryl methyl sites for hydroxylation is 2. The van der Waals surface area contributed by atoms with Crippen molar-refractivity contribution in [1.82, 2.24) is 15.0 Å². The van der Waals surface area contributed by atoms with Crippen molar-refractivity contribution >= 4 is 16.8 Å². The number of nitrogens with zero attached hydrogens (tertiary/aromatic N) is 2. The quantitative estimate of drug-likeness (QED) is 0.803. The fraction of sp³-hybridized carbons (Fsp3) is 0.250. The van der Waals surface area contributed by atoms with Gasteiger partial charge in [0.05, 0.1) is 12.2 Å². The Morgan fingerprint density at radius 3 is 2.86 bits per heavy atom. The summed E-state index contributed by atoms with van der Waals surface area (Å²) in [4.78, 5) is 17.5. The summed E-state index contributed by atoms with van der Waals surface area (Å²) in [6, 6.07) is 7.62. The van der Waals surface area contributed by atoms with Crippen molar-refractivity contribution in [3.63, 3.8) is 0 Å². The highest BCUT2D eigenvalue weighted by atomic mass is 16.5. The van der Waals surface area contributed by atoms with Gasteiger partial charge in [0.25, 0.3) is 5.91 Å². The minimum atomic E-state index is -0.0137. The van der Waals surface area contributed by atoms with Crippen LogP contribution in [0.15, 0.2) is 35.0 Å². The molecular weight excluding hydrogens is 266 g/mol. The molecule has 5 nitrogen and oxygen atoms in total. The molecule has 0 aliphatic rings. The van der Waals surface area contributed by atoms with Crippen LogP contribution >= 0.6 is 0 Å². The van der Waals surface area contributed by atoms with Gasteiger partial charge in [-0.25, -0.2) is 0 Å². The first-order valence-corrected chi connectivity index (χ1v) is 6.81. The van der Waals surface area contributed by atoms with Gasteiger partial charge in [-0.05, 0) is 32.0 Å². The molecule has 3 rings (SSSR count). The van der Waals surface area contributed by atoms with Crippen LogP contribution in [0.1, 0.15) is 27.4 Å². The number of fused-ring (bicyclic) bond motifs is 1. The van der Waals surface area contributed by atoms with E-state index in [0.29, 0.717) is 12.1 Å². The fourth-order valence-corrected chi connectivity index (χ4v) is 2.51. The van der Waals surface area contributed by atoms with Gasteiger partial charge in [-0.3, -0.25) is 4.79 Å². The van der Waals surface area contributed by atoms with Crippen molar-refractivity contribution in [1.29, 1.82) is 0 Å². The molecule has 3 aromatic rings. The number of hydrogen-bond donors (Lipinski definition) is 1. The predicted octanol–water partition coefficient (Wildman–Crippen LogP) is 3.04. The second-order valence-corrected chi connectivity index (χ2v) is 5.21. The minimum absolute atomic E-state index is 0.0137. The van der Waals surface area contributed by atoms with E-state index in [-0.39, 0.29) is 5.91 Å². The zero-order chi connectivity index (χ0) is 15.0. The van der Waals surface area contributed by atoms with Crippen molar-refractivity contribution < 1.29 is 9.32 Å². The van der Waals surface area contributed by atoms with Gasteiger partial charge in [0.1, 0.15) is 5.76 Å². The number of H-pyrrole nitrogens is 1. The van der Waals surface area contributed by atoms with Crippen molar-refractivity contribution in [3.8, 4) is 0 Å². The van der Waals surface area contributed by atoms with Crippen LogP contribution in [0.25, 0.3) is 10.9 Å². The Kier molecular flexibility index (Phi) is 3.25. The van der Waals surface area contributed by atoms with E-state index in [1.54, 1.807) is 11.9 Å². The molecule has 0 aliphatic heterocycles. The molecule has 5 heteroatoms. The van der Waals surface area contributed by atoms with E-state index in [9.17, 15) is 4.79 Å². The third-order valence-corrected chi connectivity index (χ3v) is 3.75. The molecule has 108 valence electrons. The average Bonchev–Trinajstić information content (AvgIpc) is 3.07. The highest BCUT2D eigenvalue weighted by Gasteiger charge is 2.18. The summed E-state index contributed by atoms with van der Waals surface area (Å²) in [5.74, 6) is 0.743. The number of carbonyl (C=O) groups is 1. The summed E-state index contributed by atoms with van der Waals surface area (Å²) >= 11 is 0. The van der Waals surface area contributed by atoms with Gasteiger partial charge in [-0.2, -0.15) is 0 Å². The second-order valence-electron chi connectivity index (χ2n) is 5.21. The van der Waals surface area contributed by atoms with Crippen molar-refractivity contribution in [2.45, 2.75) is 20.4 Å². The maximum Gasteiger partial charge on any atom is 0.254 e. The summed E-state index contributed by atoms with van der Waals surface area (Å²) in [6.45, 7) is 4.23. The zero-order valence-electron chi connectivity index (χ0n) is 12.3. The molecule has 21 heavy (non-hydrogen) atoms. The van der Waals surface area contributed by atoms with E-state index in [1.165, 1.54) is 0 Å². The molecular formula is C16H17N3O2. The van der Waals surface area contributed by atoms with Crippen molar-refractivity contribution in [3.05, 3.63) is 53.0 Å². The number of aromatic amines is 1. The summed E-state index contributed by atoms with van der Waals surface area (Å²) in [5, 5.41) is 4.86. The SMILES string of the molecule is Cc1noc(C)c1CN(C)C(=O)c1cccc2[nH]ccc12. The van der Waals surface area contributed by atoms with Crippen LogP contribution in [0.2, 0.25) is 0 Å². The molecule has 0 saturated heterocycles. The first kappa shape index (κ1) is 13.4. The molecule has 1 N–H and O–H groups in total. The Balaban J connectivity index is 1.90. The second kappa shape index (κ2) is 5.09. The number of amides is 1. The van der Waals surface area contributed by atoms with Crippen molar-refractivity contribution in [2.24, 2.45) is 0 Å². The number of rotatable bonds is 3. The van der Waals surface area contributed by atoms with E-state index >= 15 is 0 Å². The Morgan fingerprint density at radius 1 is 1.33 bits per heavy atom. The Labute approximate surface area is 122 Å². The van der Waals surface area contributed by atoms with Crippen LogP contribution in [0.5, 0.6) is 0 Å². The van der Waals surface area contributed by atoms with E-state index < -0.39 is 0 Å². The van der Waals surface area contributed by atoms with Crippen molar-refractivity contribution in [2.75, 3.05) is 7.05 Å². The number of carbonyl (C=O) groups excluding carboxylic acids is 1. The molecule has 0 atom stereocenters. The smallest absolute Gasteiger partial charge is 0.254 e.